The van der Waals surface area contributed by atoms with E-state index in [1.807, 2.05) is 0 Å². The standard InChI is InChI=1S/C11H9NO3S/c1-8(13)16-6-2-3-9-7-12-5-4-10(9)11(14)15/h4-5,7H,6H2,1H3,(H,14,15). The molecule has 0 fully saturated rings. The smallest absolute Gasteiger partial charge is 0.337 e. The van der Waals surface area contributed by atoms with Gasteiger partial charge in [0.2, 0.25) is 0 Å². The van der Waals surface area contributed by atoms with E-state index in [1.165, 1.54) is 25.4 Å². The summed E-state index contributed by atoms with van der Waals surface area (Å²) in [5.41, 5.74) is 0.481. The van der Waals surface area contributed by atoms with Gasteiger partial charge in [0.1, 0.15) is 0 Å². The second kappa shape index (κ2) is 5.93. The van der Waals surface area contributed by atoms with Crippen LogP contribution in [0.25, 0.3) is 0 Å². The summed E-state index contributed by atoms with van der Waals surface area (Å²) in [5, 5.41) is 8.84. The number of carboxylic acid groups (broad SMARTS) is 1. The Labute approximate surface area is 97.1 Å². The van der Waals surface area contributed by atoms with Crippen LogP contribution in [0.15, 0.2) is 18.5 Å². The number of carbonyl (C=O) groups is 2. The van der Waals surface area contributed by atoms with Crippen LogP contribution in [0.4, 0.5) is 0 Å². The molecular formula is C11H9NO3S. The Kier molecular flexibility index (Phi) is 4.55. The van der Waals surface area contributed by atoms with Crippen molar-refractivity contribution in [1.82, 2.24) is 4.98 Å². The Balaban J connectivity index is 2.80. The monoisotopic (exact) mass is 235 g/mol. The number of carbonyl (C=O) groups excluding carboxylic acids is 1. The summed E-state index contributed by atoms with van der Waals surface area (Å²) in [5.74, 6) is 4.71. The largest absolute Gasteiger partial charge is 0.478 e. The van der Waals surface area contributed by atoms with Gasteiger partial charge in [-0.1, -0.05) is 23.6 Å². The van der Waals surface area contributed by atoms with Crippen molar-refractivity contribution in [2.24, 2.45) is 0 Å². The van der Waals surface area contributed by atoms with Gasteiger partial charge < -0.3 is 5.11 Å². The van der Waals surface area contributed by atoms with E-state index in [0.29, 0.717) is 11.3 Å². The van der Waals surface area contributed by atoms with E-state index in [0.717, 1.165) is 11.8 Å². The summed E-state index contributed by atoms with van der Waals surface area (Å²) in [6, 6.07) is 1.39. The predicted octanol–water partition coefficient (Wildman–Crippen LogP) is 1.41. The second-order valence-corrected chi connectivity index (χ2v) is 3.96. The Morgan fingerprint density at radius 2 is 2.31 bits per heavy atom. The second-order valence-electron chi connectivity index (χ2n) is 2.81. The molecule has 16 heavy (non-hydrogen) atoms. The molecular weight excluding hydrogens is 226 g/mol. The van der Waals surface area contributed by atoms with Crippen molar-refractivity contribution >= 4 is 22.8 Å². The number of hydrogen-bond acceptors (Lipinski definition) is 4. The molecule has 0 radical (unpaired) electrons. The predicted molar refractivity (Wildman–Crippen MR) is 61.2 cm³/mol. The molecule has 4 nitrogen and oxygen atoms in total. The maximum Gasteiger partial charge on any atom is 0.337 e. The van der Waals surface area contributed by atoms with Gasteiger partial charge in [-0.25, -0.2) is 4.79 Å². The van der Waals surface area contributed by atoms with E-state index in [-0.39, 0.29) is 10.7 Å². The van der Waals surface area contributed by atoms with Crippen molar-refractivity contribution < 1.29 is 14.7 Å². The van der Waals surface area contributed by atoms with Crippen LogP contribution in [0.2, 0.25) is 0 Å². The first-order chi connectivity index (χ1) is 7.61. The number of nitrogens with zero attached hydrogens (tertiary/aromatic N) is 1. The molecule has 0 saturated heterocycles. The fraction of sp³-hybridized carbons (Fsp3) is 0.182. The third-order valence-electron chi connectivity index (χ3n) is 1.62. The van der Waals surface area contributed by atoms with Gasteiger partial charge in [0.05, 0.1) is 16.9 Å². The van der Waals surface area contributed by atoms with E-state index in [1.54, 1.807) is 0 Å². The number of hydrogen-bond donors (Lipinski definition) is 1. The molecule has 0 unspecified atom stereocenters. The highest BCUT2D eigenvalue weighted by Crippen LogP contribution is 2.05. The average molecular weight is 235 g/mol. The molecule has 0 aliphatic rings. The van der Waals surface area contributed by atoms with Gasteiger partial charge >= 0.3 is 5.97 Å². The number of aromatic carboxylic acids is 1. The molecule has 1 rings (SSSR count). The molecule has 1 aromatic rings. The Morgan fingerprint density at radius 3 is 2.94 bits per heavy atom. The molecule has 1 aromatic heterocycles. The fourth-order valence-corrected chi connectivity index (χ4v) is 1.30. The van der Waals surface area contributed by atoms with Crippen LogP contribution in [0, 0.1) is 11.8 Å². The minimum atomic E-state index is -1.04. The van der Waals surface area contributed by atoms with Crippen molar-refractivity contribution in [3.05, 3.63) is 29.6 Å². The van der Waals surface area contributed by atoms with E-state index < -0.39 is 5.97 Å². The number of thioether (sulfide) groups is 1. The number of aromatic nitrogens is 1. The summed E-state index contributed by atoms with van der Waals surface area (Å²) in [4.78, 5) is 25.2. The first kappa shape index (κ1) is 12.3. The first-order valence-electron chi connectivity index (χ1n) is 4.41. The number of pyridine rings is 1. The molecule has 0 amide bonds. The average Bonchev–Trinajstić information content (AvgIpc) is 2.24. The number of rotatable bonds is 2. The van der Waals surface area contributed by atoms with Gasteiger partial charge in [-0.05, 0) is 6.07 Å². The fourth-order valence-electron chi connectivity index (χ4n) is 0.950. The molecule has 5 heteroatoms. The van der Waals surface area contributed by atoms with Crippen LogP contribution in [0.3, 0.4) is 0 Å². The van der Waals surface area contributed by atoms with Crippen molar-refractivity contribution in [2.45, 2.75) is 6.92 Å². The van der Waals surface area contributed by atoms with Gasteiger partial charge in [-0.2, -0.15) is 0 Å². The zero-order valence-electron chi connectivity index (χ0n) is 8.56. The van der Waals surface area contributed by atoms with Crippen molar-refractivity contribution in [3.63, 3.8) is 0 Å². The molecule has 1 heterocycles. The van der Waals surface area contributed by atoms with Gasteiger partial charge in [0.15, 0.2) is 5.12 Å². The maximum absolute atomic E-state index is 10.8. The third-order valence-corrected chi connectivity index (χ3v) is 2.32. The minimum Gasteiger partial charge on any atom is -0.478 e. The third kappa shape index (κ3) is 3.75. The van der Waals surface area contributed by atoms with E-state index in [2.05, 4.69) is 16.8 Å². The first-order valence-corrected chi connectivity index (χ1v) is 5.39. The van der Waals surface area contributed by atoms with Gasteiger partial charge in [-0.15, -0.1) is 0 Å². The van der Waals surface area contributed by atoms with Crippen LogP contribution in [0.5, 0.6) is 0 Å². The van der Waals surface area contributed by atoms with Crippen molar-refractivity contribution in [2.75, 3.05) is 5.75 Å². The molecule has 0 aromatic carbocycles. The van der Waals surface area contributed by atoms with Gasteiger partial charge in [-0.3, -0.25) is 9.78 Å². The normalized spacial score (nSPS) is 9.06. The molecule has 0 saturated carbocycles. The van der Waals surface area contributed by atoms with Gasteiger partial charge in [0.25, 0.3) is 0 Å². The zero-order valence-corrected chi connectivity index (χ0v) is 9.37. The summed E-state index contributed by atoms with van der Waals surface area (Å²) in [6.45, 7) is 1.46. The highest BCUT2D eigenvalue weighted by molar-refractivity contribution is 8.13. The molecule has 0 atom stereocenters. The van der Waals surface area contributed by atoms with Crippen molar-refractivity contribution in [1.29, 1.82) is 0 Å². The summed E-state index contributed by atoms with van der Waals surface area (Å²) in [6.07, 6.45) is 2.80. The lowest BCUT2D eigenvalue weighted by Crippen LogP contribution is -2.00. The highest BCUT2D eigenvalue weighted by Gasteiger charge is 2.06. The highest BCUT2D eigenvalue weighted by atomic mass is 32.2. The van der Waals surface area contributed by atoms with Crippen LogP contribution < -0.4 is 0 Å². The van der Waals surface area contributed by atoms with Crippen LogP contribution in [-0.4, -0.2) is 26.9 Å². The van der Waals surface area contributed by atoms with E-state index >= 15 is 0 Å². The molecule has 1 N–H and O–H groups in total. The maximum atomic E-state index is 10.8. The lowest BCUT2D eigenvalue weighted by Gasteiger charge is -1.96. The minimum absolute atomic E-state index is 0.0149. The van der Waals surface area contributed by atoms with Gasteiger partial charge in [0, 0.05) is 19.3 Å². The molecule has 0 aliphatic heterocycles. The zero-order chi connectivity index (χ0) is 12.0. The molecule has 0 bridgehead atoms. The van der Waals surface area contributed by atoms with Crippen LogP contribution >= 0.6 is 11.8 Å². The Morgan fingerprint density at radius 1 is 1.56 bits per heavy atom. The van der Waals surface area contributed by atoms with E-state index in [4.69, 9.17) is 5.11 Å². The summed E-state index contributed by atoms with van der Waals surface area (Å²) in [7, 11) is 0. The number of carboxylic acids is 1. The summed E-state index contributed by atoms with van der Waals surface area (Å²) >= 11 is 1.08. The van der Waals surface area contributed by atoms with E-state index in [9.17, 15) is 9.59 Å². The molecule has 82 valence electrons. The topological polar surface area (TPSA) is 67.3 Å². The van der Waals surface area contributed by atoms with Crippen LogP contribution in [0.1, 0.15) is 22.8 Å². The quantitative estimate of drug-likeness (QED) is 0.785. The lowest BCUT2D eigenvalue weighted by molar-refractivity contribution is -0.109. The molecule has 0 spiro atoms. The molecule has 0 aliphatic carbocycles. The lowest BCUT2D eigenvalue weighted by atomic mass is 10.1. The SMILES string of the molecule is CC(=O)SCC#Cc1cnccc1C(=O)O. The van der Waals surface area contributed by atoms with Crippen molar-refractivity contribution in [3.8, 4) is 11.8 Å². The Bertz CT molecular complexity index is 474. The summed E-state index contributed by atoms with van der Waals surface area (Å²) < 4.78 is 0. The van der Waals surface area contributed by atoms with Crippen LogP contribution in [-0.2, 0) is 4.79 Å². The Hall–Kier alpha value is -1.80.